The molecule has 0 unspecified atom stereocenters. The van der Waals surface area contributed by atoms with Gasteiger partial charge in [-0.3, -0.25) is 0 Å². The molecule has 0 radical (unpaired) electrons. The second-order valence-electron chi connectivity index (χ2n) is 10.2. The molecule has 0 saturated heterocycles. The summed E-state index contributed by atoms with van der Waals surface area (Å²) in [4.78, 5) is 5.04. The molecule has 0 aliphatic carbocycles. The minimum Gasteiger partial charge on any atom is -0.427 e. The Kier molecular flexibility index (Phi) is 5.96. The summed E-state index contributed by atoms with van der Waals surface area (Å²) in [5, 5.41) is 14.0. The van der Waals surface area contributed by atoms with Crippen molar-refractivity contribution in [1.29, 1.82) is 0 Å². The number of aromatic nitrogens is 1. The van der Waals surface area contributed by atoms with Gasteiger partial charge < -0.3 is 9.76 Å². The first-order valence-corrected chi connectivity index (χ1v) is 12.1. The van der Waals surface area contributed by atoms with Crippen molar-refractivity contribution in [1.82, 2.24) is 4.98 Å². The Morgan fingerprint density at radius 3 is 2.14 bits per heavy atom. The zero-order valence-electron chi connectivity index (χ0n) is 20.7. The van der Waals surface area contributed by atoms with Crippen LogP contribution in [0.4, 0.5) is 0 Å². The van der Waals surface area contributed by atoms with Gasteiger partial charge in [-0.05, 0) is 61.7 Å². The summed E-state index contributed by atoms with van der Waals surface area (Å²) < 4.78 is 6.07. The van der Waals surface area contributed by atoms with Gasteiger partial charge in [-0.1, -0.05) is 90.4 Å². The van der Waals surface area contributed by atoms with Crippen LogP contribution in [0, 0.1) is 0 Å². The topological polar surface area (TPSA) is 42.4 Å². The molecule has 174 valence electrons. The van der Waals surface area contributed by atoms with Gasteiger partial charge in [0.05, 0.1) is 22.4 Å². The minimum absolute atomic E-state index is 0.437. The number of hydrogen-bond acceptors (Lipinski definition) is 3. The van der Waals surface area contributed by atoms with Gasteiger partial charge in [0, 0.05) is 10.9 Å². The van der Waals surface area contributed by atoms with Gasteiger partial charge in [0.15, 0.2) is 0 Å². The van der Waals surface area contributed by atoms with E-state index in [-0.39, 0.29) is 0 Å². The van der Waals surface area contributed by atoms with Crippen LogP contribution in [0.2, 0.25) is 0 Å². The molecule has 5 aromatic rings. The number of pyridine rings is 1. The van der Waals surface area contributed by atoms with Crippen LogP contribution in [-0.2, 0) is 4.65 Å². The normalized spacial score (nSPS) is 12.3. The van der Waals surface area contributed by atoms with E-state index in [0.29, 0.717) is 7.48 Å². The Bertz CT molecular complexity index is 1490. The molecule has 0 atom stereocenters. The van der Waals surface area contributed by atoms with Crippen LogP contribution in [0.15, 0.2) is 97.1 Å². The van der Waals surface area contributed by atoms with E-state index in [4.69, 9.17) is 9.64 Å². The molecule has 3 nitrogen and oxygen atoms in total. The highest BCUT2D eigenvalue weighted by Gasteiger charge is 2.35. The van der Waals surface area contributed by atoms with E-state index < -0.39 is 11.2 Å². The summed E-state index contributed by atoms with van der Waals surface area (Å²) in [6.07, 6.45) is 0. The van der Waals surface area contributed by atoms with Crippen molar-refractivity contribution in [3.05, 3.63) is 97.1 Å². The lowest BCUT2D eigenvalue weighted by atomic mass is 9.82. The molecule has 1 heterocycles. The molecule has 0 amide bonds. The molecule has 0 bridgehead atoms. The van der Waals surface area contributed by atoms with E-state index >= 15 is 0 Å². The maximum atomic E-state index is 10.4. The summed E-state index contributed by atoms with van der Waals surface area (Å²) in [6.45, 7) is 7.39. The molecule has 0 aliphatic rings. The summed E-state index contributed by atoms with van der Waals surface area (Å²) in [6, 6.07) is 33.8. The molecule has 0 fully saturated rings. The molecular formula is C31H30BNO2. The molecule has 5 rings (SSSR count). The van der Waals surface area contributed by atoms with Crippen molar-refractivity contribution in [2.75, 3.05) is 0 Å². The lowest BCUT2D eigenvalue weighted by Crippen LogP contribution is -2.49. The van der Waals surface area contributed by atoms with Crippen LogP contribution >= 0.6 is 0 Å². The van der Waals surface area contributed by atoms with Gasteiger partial charge in [0.1, 0.15) is 0 Å². The third-order valence-electron chi connectivity index (χ3n) is 7.11. The number of nitrogens with zero attached hydrogens (tertiary/aromatic N) is 1. The average molecular weight is 459 g/mol. The maximum absolute atomic E-state index is 10.4. The quantitative estimate of drug-likeness (QED) is 0.241. The zero-order valence-corrected chi connectivity index (χ0v) is 20.7. The number of aliphatic hydroxyl groups is 1. The predicted molar refractivity (Wildman–Crippen MR) is 148 cm³/mol. The van der Waals surface area contributed by atoms with Crippen LogP contribution in [0.5, 0.6) is 0 Å². The van der Waals surface area contributed by atoms with E-state index in [2.05, 4.69) is 78.9 Å². The van der Waals surface area contributed by atoms with E-state index in [1.807, 2.05) is 32.0 Å². The second-order valence-corrected chi connectivity index (χ2v) is 10.2. The fraction of sp³-hybridized carbons (Fsp3) is 0.194. The Balaban J connectivity index is 1.60. The highest BCUT2D eigenvalue weighted by Crippen LogP contribution is 2.36. The van der Waals surface area contributed by atoms with Crippen molar-refractivity contribution < 1.29 is 9.76 Å². The first-order valence-electron chi connectivity index (χ1n) is 12.1. The summed E-state index contributed by atoms with van der Waals surface area (Å²) >= 11 is 0. The predicted octanol–water partition coefficient (Wildman–Crippen LogP) is 6.26. The highest BCUT2D eigenvalue weighted by atomic mass is 16.5. The van der Waals surface area contributed by atoms with Crippen molar-refractivity contribution >= 4 is 34.6 Å². The molecule has 0 spiro atoms. The highest BCUT2D eigenvalue weighted by molar-refractivity contribution is 6.47. The van der Waals surface area contributed by atoms with E-state index in [1.165, 1.54) is 10.8 Å². The third kappa shape index (κ3) is 4.60. The molecule has 35 heavy (non-hydrogen) atoms. The van der Waals surface area contributed by atoms with Crippen LogP contribution in [0.3, 0.4) is 0 Å². The summed E-state index contributed by atoms with van der Waals surface area (Å²) in [5.41, 5.74) is 4.82. The number of rotatable bonds is 6. The lowest BCUT2D eigenvalue weighted by molar-refractivity contribution is -0.0893. The summed E-state index contributed by atoms with van der Waals surface area (Å²) in [7, 11) is 0.437. The summed E-state index contributed by atoms with van der Waals surface area (Å²) in [5.74, 6) is 0. The molecule has 4 aromatic carbocycles. The molecule has 4 heteroatoms. The van der Waals surface area contributed by atoms with Gasteiger partial charge in [0.2, 0.25) is 0 Å². The second kappa shape index (κ2) is 8.96. The number of fused-ring (bicyclic) bond motifs is 3. The molecular weight excluding hydrogens is 429 g/mol. The lowest BCUT2D eigenvalue weighted by Gasteiger charge is -2.37. The van der Waals surface area contributed by atoms with Crippen molar-refractivity contribution in [2.24, 2.45) is 0 Å². The monoisotopic (exact) mass is 459 g/mol. The van der Waals surface area contributed by atoms with Gasteiger partial charge in [-0.25, -0.2) is 4.98 Å². The van der Waals surface area contributed by atoms with Crippen molar-refractivity contribution in [2.45, 2.75) is 38.9 Å². The smallest absolute Gasteiger partial charge is 0.309 e. The molecule has 1 aromatic heterocycles. The van der Waals surface area contributed by atoms with E-state index in [0.717, 1.165) is 38.8 Å². The molecule has 0 saturated carbocycles. The Labute approximate surface area is 207 Å². The van der Waals surface area contributed by atoms with E-state index in [1.54, 1.807) is 13.8 Å². The van der Waals surface area contributed by atoms with Gasteiger partial charge in [-0.2, -0.15) is 0 Å². The largest absolute Gasteiger partial charge is 0.427 e. The fourth-order valence-corrected chi connectivity index (χ4v) is 4.21. The van der Waals surface area contributed by atoms with E-state index in [9.17, 15) is 5.11 Å². The first kappa shape index (κ1) is 23.3. The van der Waals surface area contributed by atoms with Gasteiger partial charge >= 0.3 is 7.48 Å². The van der Waals surface area contributed by atoms with Crippen LogP contribution < -0.4 is 5.46 Å². The van der Waals surface area contributed by atoms with Gasteiger partial charge in [-0.15, -0.1) is 0 Å². The molecule has 1 N–H and O–H groups in total. The Hall–Kier alpha value is -3.47. The third-order valence-corrected chi connectivity index (χ3v) is 7.11. The van der Waals surface area contributed by atoms with Gasteiger partial charge in [0.25, 0.3) is 0 Å². The van der Waals surface area contributed by atoms with Crippen molar-refractivity contribution in [3.63, 3.8) is 0 Å². The standard InChI is InChI=1S/C31H30BNO2/c1-30(2,34)31(3,4)35-32-24-17-14-22(15-18-24)26-20-28(23-11-6-5-7-12-23)33-27-19-16-21-10-8-9-13-25(21)29(26)27/h5-20,32,34H,1-4H3. The number of hydrogen-bond donors (Lipinski definition) is 1. The number of benzene rings is 4. The zero-order chi connectivity index (χ0) is 24.6. The van der Waals surface area contributed by atoms with Crippen molar-refractivity contribution in [3.8, 4) is 22.4 Å². The average Bonchev–Trinajstić information content (AvgIpc) is 2.87. The maximum Gasteiger partial charge on any atom is 0.309 e. The molecule has 0 aliphatic heterocycles. The van der Waals surface area contributed by atoms with Crippen LogP contribution in [0.1, 0.15) is 27.7 Å². The minimum atomic E-state index is -0.933. The first-order chi connectivity index (χ1) is 16.7. The SMILES string of the molecule is CC(C)(O)C(C)(C)OBc1ccc(-c2cc(-c3ccccc3)nc3ccc4ccccc4c23)cc1. The fourth-order valence-electron chi connectivity index (χ4n) is 4.21. The van der Waals surface area contributed by atoms with Crippen LogP contribution in [0.25, 0.3) is 44.1 Å². The Morgan fingerprint density at radius 2 is 1.43 bits per heavy atom. The Morgan fingerprint density at radius 1 is 0.743 bits per heavy atom. The van der Waals surface area contributed by atoms with Crippen LogP contribution in [-0.4, -0.2) is 28.8 Å².